The zero-order valence-electron chi connectivity index (χ0n) is 31.9. The molecule has 1 aliphatic rings. The SMILES string of the molecule is C=CCNC(=O)C(=O)C(CCC)NS.CC(C)C.CCC.CCN(CC)C(=O)C(C)NC(=O)NC(C(=O)N1CCCC1C=O)C(C)(C)C. The first-order valence-corrected chi connectivity index (χ1v) is 17.8. The maximum Gasteiger partial charge on any atom is 0.316 e. The molecule has 0 bridgehead atoms. The van der Waals surface area contributed by atoms with E-state index in [1.807, 2.05) is 41.5 Å². The van der Waals surface area contributed by atoms with E-state index in [9.17, 15) is 28.8 Å². The summed E-state index contributed by atoms with van der Waals surface area (Å²) in [4.78, 5) is 74.7. The van der Waals surface area contributed by atoms with Crippen molar-refractivity contribution >= 4 is 48.6 Å². The number of aldehydes is 1. The van der Waals surface area contributed by atoms with Crippen molar-refractivity contribution in [2.45, 2.75) is 139 Å². The maximum absolute atomic E-state index is 13.0. The molecule has 13 heteroatoms. The topological polar surface area (TPSA) is 157 Å². The Morgan fingerprint density at radius 1 is 0.979 bits per heavy atom. The number of likely N-dealkylation sites (tertiary alicyclic amines) is 1. The van der Waals surface area contributed by atoms with Crippen LogP contribution in [-0.4, -0.2) is 96.0 Å². The first-order valence-electron chi connectivity index (χ1n) is 17.3. The minimum atomic E-state index is -0.797. The standard InChI is InChI=1S/C19H34N4O4.C9H16N2O2S.C4H10.C3H8/c1-7-22(8-2)16(25)13(3)20-18(27)21-15(19(4,5)6)17(26)23-11-9-10-14(23)12-24;1-3-5-7(11-14)8(12)9(13)10-6-4-2;1-4(2)3;1-3-2/h12-15H,7-11H2,1-6H3,(H2,20,21,27);4,7,11,14H,2-3,5-6H2,1H3,(H,10,13);4H,1-3H3;3H2,1-2H3. The van der Waals surface area contributed by atoms with Crippen molar-refractivity contribution < 1.29 is 28.8 Å². The number of nitrogens with zero attached hydrogens (tertiary/aromatic N) is 2. The highest BCUT2D eigenvalue weighted by Gasteiger charge is 2.40. The van der Waals surface area contributed by atoms with Gasteiger partial charge in [0.05, 0.1) is 12.1 Å². The second-order valence-corrected chi connectivity index (χ2v) is 13.6. The molecular formula is C35H68N6O6S. The molecule has 1 heterocycles. The van der Waals surface area contributed by atoms with Gasteiger partial charge in [0.15, 0.2) is 0 Å². The van der Waals surface area contributed by atoms with Gasteiger partial charge in [0.1, 0.15) is 18.4 Å². The number of rotatable bonds is 14. The number of hydrogen-bond acceptors (Lipinski definition) is 8. The fourth-order valence-corrected chi connectivity index (χ4v) is 4.46. The predicted molar refractivity (Wildman–Crippen MR) is 199 cm³/mol. The molecule has 0 aromatic heterocycles. The summed E-state index contributed by atoms with van der Waals surface area (Å²) in [6.07, 6.45) is 6.40. The minimum Gasteiger partial charge on any atom is -0.346 e. The minimum absolute atomic E-state index is 0.172. The van der Waals surface area contributed by atoms with Crippen molar-refractivity contribution in [1.29, 1.82) is 0 Å². The summed E-state index contributed by atoms with van der Waals surface area (Å²) in [6, 6.07) is -3.01. The molecule has 1 rings (SSSR count). The number of carbonyl (C=O) groups excluding carboxylic acids is 6. The Kier molecular flexibility index (Phi) is 28.8. The summed E-state index contributed by atoms with van der Waals surface area (Å²) in [7, 11) is 0. The fraction of sp³-hybridized carbons (Fsp3) is 0.771. The molecule has 1 aliphatic heterocycles. The molecule has 1 fully saturated rings. The number of urea groups is 1. The average Bonchev–Trinajstić information content (AvgIpc) is 3.50. The number of Topliss-reactive ketones (excluding diaryl/α,β-unsaturated/α-hetero) is 1. The third-order valence-electron chi connectivity index (χ3n) is 6.60. The van der Waals surface area contributed by atoms with E-state index < -0.39 is 47.3 Å². The number of thiol groups is 1. The molecule has 0 radical (unpaired) electrons. The van der Waals surface area contributed by atoms with E-state index in [0.29, 0.717) is 39.0 Å². The molecule has 4 atom stereocenters. The Balaban J connectivity index is -0.000000801. The average molecular weight is 701 g/mol. The lowest BCUT2D eigenvalue weighted by atomic mass is 9.85. The highest BCUT2D eigenvalue weighted by atomic mass is 32.1. The highest BCUT2D eigenvalue weighted by Crippen LogP contribution is 2.25. The van der Waals surface area contributed by atoms with Crippen LogP contribution in [0.25, 0.3) is 0 Å². The Morgan fingerprint density at radius 2 is 1.50 bits per heavy atom. The molecule has 0 aromatic carbocycles. The van der Waals surface area contributed by atoms with Crippen LogP contribution < -0.4 is 20.7 Å². The number of ketones is 1. The van der Waals surface area contributed by atoms with Gasteiger partial charge >= 0.3 is 6.03 Å². The van der Waals surface area contributed by atoms with E-state index >= 15 is 0 Å². The van der Waals surface area contributed by atoms with Gasteiger partial charge in [-0.2, -0.15) is 0 Å². The van der Waals surface area contributed by atoms with Crippen LogP contribution in [0.3, 0.4) is 0 Å². The van der Waals surface area contributed by atoms with E-state index in [4.69, 9.17) is 0 Å². The van der Waals surface area contributed by atoms with Gasteiger partial charge in [-0.1, -0.05) is 94.0 Å². The van der Waals surface area contributed by atoms with Crippen LogP contribution in [0, 0.1) is 11.3 Å². The van der Waals surface area contributed by atoms with Crippen LogP contribution in [0.2, 0.25) is 0 Å². The van der Waals surface area contributed by atoms with Crippen LogP contribution in [0.5, 0.6) is 0 Å². The molecule has 5 amide bonds. The first kappa shape index (κ1) is 49.5. The van der Waals surface area contributed by atoms with Crippen molar-refractivity contribution in [2.75, 3.05) is 26.2 Å². The Labute approximate surface area is 296 Å². The summed E-state index contributed by atoms with van der Waals surface area (Å²) < 4.78 is 2.52. The van der Waals surface area contributed by atoms with Gasteiger partial charge in [0.2, 0.25) is 17.6 Å². The molecule has 280 valence electrons. The Bertz CT molecular complexity index is 965. The van der Waals surface area contributed by atoms with Gasteiger partial charge in [-0.05, 0) is 51.4 Å². The van der Waals surface area contributed by atoms with E-state index in [1.165, 1.54) is 17.4 Å². The van der Waals surface area contributed by atoms with E-state index in [2.05, 4.69) is 74.7 Å². The highest BCUT2D eigenvalue weighted by molar-refractivity contribution is 7.78. The van der Waals surface area contributed by atoms with Gasteiger partial charge in [-0.3, -0.25) is 23.9 Å². The van der Waals surface area contributed by atoms with Gasteiger partial charge in [-0.15, -0.1) is 6.58 Å². The molecule has 0 aromatic rings. The van der Waals surface area contributed by atoms with Crippen LogP contribution in [-0.2, 0) is 24.0 Å². The van der Waals surface area contributed by atoms with Gasteiger partial charge in [0.25, 0.3) is 5.91 Å². The third kappa shape index (κ3) is 21.1. The molecule has 48 heavy (non-hydrogen) atoms. The molecule has 1 saturated heterocycles. The van der Waals surface area contributed by atoms with E-state index in [1.54, 1.807) is 11.8 Å². The summed E-state index contributed by atoms with van der Waals surface area (Å²) >= 11 is 3.80. The van der Waals surface area contributed by atoms with Gasteiger partial charge < -0.3 is 30.5 Å². The largest absolute Gasteiger partial charge is 0.346 e. The second-order valence-electron chi connectivity index (χ2n) is 13.3. The first-order chi connectivity index (χ1) is 22.4. The molecule has 12 nitrogen and oxygen atoms in total. The smallest absolute Gasteiger partial charge is 0.316 e. The molecule has 0 spiro atoms. The molecule has 4 unspecified atom stereocenters. The number of hydrogen-bond donors (Lipinski definition) is 5. The summed E-state index contributed by atoms with van der Waals surface area (Å²) in [5.41, 5.74) is -0.545. The lowest BCUT2D eigenvalue weighted by Gasteiger charge is -2.35. The van der Waals surface area contributed by atoms with Crippen molar-refractivity contribution in [1.82, 2.24) is 30.5 Å². The zero-order chi connectivity index (χ0) is 38.0. The summed E-state index contributed by atoms with van der Waals surface area (Å²) in [6.45, 7) is 29.0. The third-order valence-corrected chi connectivity index (χ3v) is 6.91. The van der Waals surface area contributed by atoms with Crippen LogP contribution in [0.15, 0.2) is 12.7 Å². The van der Waals surface area contributed by atoms with Crippen LogP contribution >= 0.6 is 12.8 Å². The fourth-order valence-electron chi connectivity index (χ4n) is 4.22. The number of nitrogens with one attached hydrogen (secondary N) is 4. The monoisotopic (exact) mass is 700 g/mol. The molecule has 4 N–H and O–H groups in total. The van der Waals surface area contributed by atoms with E-state index in [-0.39, 0.29) is 11.8 Å². The maximum atomic E-state index is 13.0. The van der Waals surface area contributed by atoms with E-state index in [0.717, 1.165) is 25.0 Å². The number of amides is 5. The Hall–Kier alpha value is -2.93. The lowest BCUT2D eigenvalue weighted by Crippen LogP contribution is -2.59. The Morgan fingerprint density at radius 3 is 1.90 bits per heavy atom. The quantitative estimate of drug-likeness (QED) is 0.0762. The molecule has 0 saturated carbocycles. The zero-order valence-corrected chi connectivity index (χ0v) is 32.8. The van der Waals surface area contributed by atoms with Crippen molar-refractivity contribution in [3.8, 4) is 0 Å². The predicted octanol–water partition coefficient (Wildman–Crippen LogP) is 4.69. The van der Waals surface area contributed by atoms with Crippen LogP contribution in [0.1, 0.15) is 115 Å². The molecular weight excluding hydrogens is 632 g/mol. The van der Waals surface area contributed by atoms with Crippen molar-refractivity contribution in [2.24, 2.45) is 11.3 Å². The summed E-state index contributed by atoms with van der Waals surface area (Å²) in [5, 5.41) is 7.76. The number of likely N-dealkylation sites (N-methyl/N-ethyl adjacent to an activating group) is 1. The van der Waals surface area contributed by atoms with Crippen LogP contribution in [0.4, 0.5) is 4.79 Å². The van der Waals surface area contributed by atoms with Crippen molar-refractivity contribution in [3.05, 3.63) is 12.7 Å². The van der Waals surface area contributed by atoms with Crippen molar-refractivity contribution in [3.63, 3.8) is 0 Å². The second kappa shape index (κ2) is 28.0. The normalized spacial score (nSPS) is 15.4. The van der Waals surface area contributed by atoms with Gasteiger partial charge in [0, 0.05) is 26.2 Å². The number of carbonyl (C=O) groups is 6. The van der Waals surface area contributed by atoms with Gasteiger partial charge in [-0.25, -0.2) is 4.79 Å². The summed E-state index contributed by atoms with van der Waals surface area (Å²) in [5.74, 6) is -0.682. The lowest BCUT2D eigenvalue weighted by molar-refractivity contribution is -0.138. The molecule has 0 aliphatic carbocycles.